The lowest BCUT2D eigenvalue weighted by Crippen LogP contribution is -2.11. The lowest BCUT2D eigenvalue weighted by Gasteiger charge is -2.09. The van der Waals surface area contributed by atoms with Crippen LogP contribution in [0.2, 0.25) is 5.02 Å². The minimum atomic E-state index is 0.739. The van der Waals surface area contributed by atoms with Crippen LogP contribution in [0.5, 0.6) is 0 Å². The number of aromatic nitrogens is 2. The molecule has 0 amide bonds. The molecule has 1 N–H and O–H groups in total. The van der Waals surface area contributed by atoms with Crippen LogP contribution in [0.3, 0.4) is 0 Å². The second kappa shape index (κ2) is 5.65. The minimum absolute atomic E-state index is 0.739. The van der Waals surface area contributed by atoms with Crippen LogP contribution in [-0.4, -0.2) is 16.1 Å². The van der Waals surface area contributed by atoms with Gasteiger partial charge in [0.05, 0.1) is 21.7 Å². The molecule has 0 aliphatic carbocycles. The number of nitrogens with zero attached hydrogens (tertiary/aromatic N) is 2. The molecule has 20 heavy (non-hydrogen) atoms. The van der Waals surface area contributed by atoms with E-state index in [0.29, 0.717) is 0 Å². The quantitative estimate of drug-likeness (QED) is 0.790. The second-order valence-corrected chi connectivity index (χ2v) is 5.08. The van der Waals surface area contributed by atoms with E-state index >= 15 is 0 Å². The maximum Gasteiger partial charge on any atom is 0.100 e. The normalized spacial score (nSPS) is 11.1. The molecule has 0 bridgehead atoms. The molecule has 3 rings (SSSR count). The van der Waals surface area contributed by atoms with Gasteiger partial charge in [-0.25, -0.2) is 4.98 Å². The van der Waals surface area contributed by atoms with Crippen molar-refractivity contribution in [2.45, 2.75) is 13.5 Å². The average Bonchev–Trinajstić information content (AvgIpc) is 2.89. The molecule has 0 radical (unpaired) electrons. The fourth-order valence-corrected chi connectivity index (χ4v) is 2.57. The predicted octanol–water partition coefficient (Wildman–Crippen LogP) is 3.79. The molecule has 0 aliphatic rings. The summed E-state index contributed by atoms with van der Waals surface area (Å²) in [6, 6.07) is 14.2. The SMILES string of the molecule is CCNCc1ccc(-n2cnc3ccccc32)c(Cl)c1. The van der Waals surface area contributed by atoms with Crippen molar-refractivity contribution in [3.8, 4) is 5.69 Å². The fourth-order valence-electron chi connectivity index (χ4n) is 2.28. The maximum absolute atomic E-state index is 6.42. The van der Waals surface area contributed by atoms with Crippen LogP contribution in [0.25, 0.3) is 16.7 Å². The number of halogens is 1. The van der Waals surface area contributed by atoms with Gasteiger partial charge in [-0.3, -0.25) is 4.57 Å². The summed E-state index contributed by atoms with van der Waals surface area (Å²) in [5, 5.41) is 4.04. The second-order valence-electron chi connectivity index (χ2n) is 4.67. The van der Waals surface area contributed by atoms with Gasteiger partial charge in [-0.05, 0) is 36.4 Å². The van der Waals surface area contributed by atoms with Gasteiger partial charge in [0.2, 0.25) is 0 Å². The molecule has 0 unspecified atom stereocenters. The number of imidazole rings is 1. The summed E-state index contributed by atoms with van der Waals surface area (Å²) in [6.45, 7) is 3.88. The van der Waals surface area contributed by atoms with Crippen LogP contribution in [0, 0.1) is 0 Å². The number of benzene rings is 2. The fraction of sp³-hybridized carbons (Fsp3) is 0.188. The number of para-hydroxylation sites is 2. The van der Waals surface area contributed by atoms with Gasteiger partial charge < -0.3 is 5.32 Å². The van der Waals surface area contributed by atoms with E-state index in [2.05, 4.69) is 23.3 Å². The highest BCUT2D eigenvalue weighted by molar-refractivity contribution is 6.32. The Bertz CT molecular complexity index is 733. The van der Waals surface area contributed by atoms with E-state index in [-0.39, 0.29) is 0 Å². The minimum Gasteiger partial charge on any atom is -0.313 e. The molecule has 0 atom stereocenters. The van der Waals surface area contributed by atoms with Crippen molar-refractivity contribution < 1.29 is 0 Å². The molecule has 0 saturated carbocycles. The third kappa shape index (κ3) is 2.42. The molecule has 4 heteroatoms. The molecule has 2 aromatic carbocycles. The lowest BCUT2D eigenvalue weighted by atomic mass is 10.2. The Kier molecular flexibility index (Phi) is 3.72. The number of nitrogens with one attached hydrogen (secondary N) is 1. The van der Waals surface area contributed by atoms with E-state index in [0.717, 1.165) is 34.8 Å². The molecule has 3 nitrogen and oxygen atoms in total. The summed E-state index contributed by atoms with van der Waals surface area (Å²) in [4.78, 5) is 4.40. The van der Waals surface area contributed by atoms with Gasteiger partial charge in [-0.15, -0.1) is 0 Å². The highest BCUT2D eigenvalue weighted by Crippen LogP contribution is 2.25. The molecule has 0 spiro atoms. The largest absolute Gasteiger partial charge is 0.313 e. The van der Waals surface area contributed by atoms with Crippen molar-refractivity contribution >= 4 is 22.6 Å². The van der Waals surface area contributed by atoms with Gasteiger partial charge in [-0.2, -0.15) is 0 Å². The van der Waals surface area contributed by atoms with Crippen LogP contribution >= 0.6 is 11.6 Å². The van der Waals surface area contributed by atoms with Gasteiger partial charge in [0.1, 0.15) is 6.33 Å². The zero-order valence-corrected chi connectivity index (χ0v) is 12.1. The molecular formula is C16H16ClN3. The van der Waals surface area contributed by atoms with Crippen molar-refractivity contribution in [2.24, 2.45) is 0 Å². The van der Waals surface area contributed by atoms with Gasteiger partial charge in [0.15, 0.2) is 0 Å². The van der Waals surface area contributed by atoms with Crippen molar-refractivity contribution in [3.05, 3.63) is 59.4 Å². The summed E-state index contributed by atoms with van der Waals surface area (Å²) < 4.78 is 2.02. The Morgan fingerprint density at radius 2 is 2.05 bits per heavy atom. The topological polar surface area (TPSA) is 29.9 Å². The molecular weight excluding hydrogens is 270 g/mol. The smallest absolute Gasteiger partial charge is 0.100 e. The summed E-state index contributed by atoms with van der Waals surface area (Å²) in [5.74, 6) is 0. The summed E-state index contributed by atoms with van der Waals surface area (Å²) >= 11 is 6.42. The van der Waals surface area contributed by atoms with Crippen LogP contribution in [0.4, 0.5) is 0 Å². The van der Waals surface area contributed by atoms with E-state index in [1.54, 1.807) is 0 Å². The first-order valence-corrected chi connectivity index (χ1v) is 7.09. The maximum atomic E-state index is 6.42. The summed E-state index contributed by atoms with van der Waals surface area (Å²) in [5.41, 5.74) is 4.18. The highest BCUT2D eigenvalue weighted by Gasteiger charge is 2.08. The van der Waals surface area contributed by atoms with Gasteiger partial charge in [-0.1, -0.05) is 36.7 Å². The number of hydrogen-bond acceptors (Lipinski definition) is 2. The summed E-state index contributed by atoms with van der Waals surface area (Å²) in [7, 11) is 0. The highest BCUT2D eigenvalue weighted by atomic mass is 35.5. The monoisotopic (exact) mass is 285 g/mol. The Labute approximate surface area is 123 Å². The first kappa shape index (κ1) is 13.2. The standard InChI is InChI=1S/C16H16ClN3/c1-2-18-10-12-7-8-15(13(17)9-12)20-11-19-14-5-3-4-6-16(14)20/h3-9,11,18H,2,10H2,1H3. The first-order chi connectivity index (χ1) is 9.79. The third-order valence-corrected chi connectivity index (χ3v) is 3.61. The molecule has 0 aliphatic heterocycles. The van der Waals surface area contributed by atoms with E-state index in [9.17, 15) is 0 Å². The van der Waals surface area contributed by atoms with E-state index in [1.165, 1.54) is 5.56 Å². The van der Waals surface area contributed by atoms with Crippen molar-refractivity contribution in [3.63, 3.8) is 0 Å². The Morgan fingerprint density at radius 1 is 1.20 bits per heavy atom. The Morgan fingerprint density at radius 3 is 2.85 bits per heavy atom. The molecule has 3 aromatic rings. The van der Waals surface area contributed by atoms with Crippen LogP contribution < -0.4 is 5.32 Å². The van der Waals surface area contributed by atoms with Crippen molar-refractivity contribution in [2.75, 3.05) is 6.54 Å². The molecule has 0 saturated heterocycles. The van der Waals surface area contributed by atoms with Gasteiger partial charge in [0, 0.05) is 6.54 Å². The first-order valence-electron chi connectivity index (χ1n) is 6.71. The van der Waals surface area contributed by atoms with E-state index in [1.807, 2.05) is 47.3 Å². The molecule has 0 fully saturated rings. The van der Waals surface area contributed by atoms with E-state index < -0.39 is 0 Å². The molecule has 102 valence electrons. The zero-order valence-electron chi connectivity index (χ0n) is 11.3. The molecule has 1 aromatic heterocycles. The van der Waals surface area contributed by atoms with Gasteiger partial charge in [0.25, 0.3) is 0 Å². The number of hydrogen-bond donors (Lipinski definition) is 1. The lowest BCUT2D eigenvalue weighted by molar-refractivity contribution is 0.727. The van der Waals surface area contributed by atoms with Crippen LogP contribution in [0.1, 0.15) is 12.5 Å². The average molecular weight is 286 g/mol. The predicted molar refractivity (Wildman–Crippen MR) is 83.5 cm³/mol. The van der Waals surface area contributed by atoms with E-state index in [4.69, 9.17) is 11.6 Å². The van der Waals surface area contributed by atoms with Crippen molar-refractivity contribution in [1.29, 1.82) is 0 Å². The third-order valence-electron chi connectivity index (χ3n) is 3.30. The van der Waals surface area contributed by atoms with Crippen molar-refractivity contribution in [1.82, 2.24) is 14.9 Å². The molecule has 1 heterocycles. The number of rotatable bonds is 4. The zero-order chi connectivity index (χ0) is 13.9. The number of fused-ring (bicyclic) bond motifs is 1. The Hall–Kier alpha value is -1.84. The Balaban J connectivity index is 2.02. The van der Waals surface area contributed by atoms with Gasteiger partial charge >= 0.3 is 0 Å². The van der Waals surface area contributed by atoms with Crippen LogP contribution in [-0.2, 0) is 6.54 Å². The van der Waals surface area contributed by atoms with Crippen LogP contribution in [0.15, 0.2) is 48.8 Å². The summed E-state index contributed by atoms with van der Waals surface area (Å²) in [6.07, 6.45) is 1.82.